The van der Waals surface area contributed by atoms with E-state index >= 15 is 0 Å². The van der Waals surface area contributed by atoms with Crippen molar-refractivity contribution in [2.45, 2.75) is 44.7 Å². The Bertz CT molecular complexity index is 935. The summed E-state index contributed by atoms with van der Waals surface area (Å²) >= 11 is 0. The van der Waals surface area contributed by atoms with E-state index in [4.69, 9.17) is 0 Å². The molecule has 0 bridgehead atoms. The minimum Gasteiger partial charge on any atom is -0.339 e. The van der Waals surface area contributed by atoms with Crippen LogP contribution in [0.1, 0.15) is 53.5 Å². The predicted molar refractivity (Wildman–Crippen MR) is 109 cm³/mol. The van der Waals surface area contributed by atoms with E-state index in [1.54, 1.807) is 36.2 Å². The van der Waals surface area contributed by atoms with Gasteiger partial charge in [0, 0.05) is 30.8 Å². The van der Waals surface area contributed by atoms with Crippen LogP contribution >= 0.6 is 0 Å². The second kappa shape index (κ2) is 9.12. The maximum Gasteiger partial charge on any atom is 0.253 e. The van der Waals surface area contributed by atoms with Crippen LogP contribution in [0.4, 0.5) is 0 Å². The molecule has 0 fully saturated rings. The molecule has 6 nitrogen and oxygen atoms in total. The zero-order valence-electron chi connectivity index (χ0n) is 16.6. The Morgan fingerprint density at radius 1 is 1.00 bits per heavy atom. The minimum atomic E-state index is -3.69. The fourth-order valence-electron chi connectivity index (χ4n) is 2.57. The summed E-state index contributed by atoms with van der Waals surface area (Å²) in [4.78, 5) is 25.5. The van der Waals surface area contributed by atoms with E-state index in [1.165, 1.54) is 31.2 Å². The van der Waals surface area contributed by atoms with Crippen LogP contribution in [0.15, 0.2) is 53.4 Å². The van der Waals surface area contributed by atoms with Gasteiger partial charge >= 0.3 is 0 Å². The molecular weight excluding hydrogens is 376 g/mol. The summed E-state index contributed by atoms with van der Waals surface area (Å²) in [7, 11) is -1.92. The number of carbonyl (C=O) groups excluding carboxylic acids is 2. The van der Waals surface area contributed by atoms with Gasteiger partial charge in [0.15, 0.2) is 5.78 Å². The van der Waals surface area contributed by atoms with E-state index in [2.05, 4.69) is 4.72 Å². The van der Waals surface area contributed by atoms with Gasteiger partial charge in [-0.25, -0.2) is 13.1 Å². The van der Waals surface area contributed by atoms with Crippen LogP contribution in [0.25, 0.3) is 0 Å². The second-order valence-electron chi connectivity index (χ2n) is 6.78. The number of Topliss-reactive ketones (excluding diaryl/α,β-unsaturated/α-hetero) is 1. The quantitative estimate of drug-likeness (QED) is 0.687. The van der Waals surface area contributed by atoms with Crippen LogP contribution in [-0.4, -0.2) is 38.1 Å². The van der Waals surface area contributed by atoms with Gasteiger partial charge in [-0.05, 0) is 50.1 Å². The summed E-state index contributed by atoms with van der Waals surface area (Å²) in [5.41, 5.74) is 1.77. The SMILES string of the molecule is CCC(C)N(C)C(=O)c1ccc(CNS(=O)(=O)c2ccc(C(C)=O)cc2)cc1. The van der Waals surface area contributed by atoms with E-state index in [0.29, 0.717) is 11.1 Å². The average Bonchev–Trinajstić information content (AvgIpc) is 2.71. The Hall–Kier alpha value is -2.51. The number of sulfonamides is 1. The molecule has 0 saturated carbocycles. The van der Waals surface area contributed by atoms with Crippen molar-refractivity contribution in [3.63, 3.8) is 0 Å². The Morgan fingerprint density at radius 2 is 1.54 bits per heavy atom. The summed E-state index contributed by atoms with van der Waals surface area (Å²) in [5.74, 6) is -0.183. The van der Waals surface area contributed by atoms with Gasteiger partial charge in [0.05, 0.1) is 4.90 Å². The van der Waals surface area contributed by atoms with Crippen LogP contribution in [0, 0.1) is 0 Å². The number of hydrogen-bond acceptors (Lipinski definition) is 4. The Morgan fingerprint density at radius 3 is 2.04 bits per heavy atom. The van der Waals surface area contributed by atoms with Crippen molar-refractivity contribution >= 4 is 21.7 Å². The second-order valence-corrected chi connectivity index (χ2v) is 8.54. The third-order valence-electron chi connectivity index (χ3n) is 4.81. The molecule has 7 heteroatoms. The minimum absolute atomic E-state index is 0.0629. The third-order valence-corrected chi connectivity index (χ3v) is 6.23. The molecule has 2 aromatic rings. The topological polar surface area (TPSA) is 83.6 Å². The molecule has 1 unspecified atom stereocenters. The highest BCUT2D eigenvalue weighted by molar-refractivity contribution is 7.89. The first-order valence-corrected chi connectivity index (χ1v) is 10.6. The van der Waals surface area contributed by atoms with Gasteiger partial charge in [-0.3, -0.25) is 9.59 Å². The predicted octanol–water partition coefficient (Wildman–Crippen LogP) is 3.24. The van der Waals surface area contributed by atoms with Crippen LogP contribution in [-0.2, 0) is 16.6 Å². The summed E-state index contributed by atoms with van der Waals surface area (Å²) in [6.07, 6.45) is 0.871. The molecule has 0 saturated heterocycles. The largest absolute Gasteiger partial charge is 0.339 e. The first-order valence-electron chi connectivity index (χ1n) is 9.12. The van der Waals surface area contributed by atoms with Gasteiger partial charge in [0.25, 0.3) is 5.91 Å². The molecule has 0 heterocycles. The molecule has 0 aliphatic heterocycles. The third kappa shape index (κ3) is 5.27. The van der Waals surface area contributed by atoms with Gasteiger partial charge in [0.2, 0.25) is 10.0 Å². The molecule has 0 aliphatic carbocycles. The molecule has 0 aliphatic rings. The van der Waals surface area contributed by atoms with Gasteiger partial charge < -0.3 is 4.90 Å². The lowest BCUT2D eigenvalue weighted by Crippen LogP contribution is -2.34. The van der Waals surface area contributed by atoms with E-state index < -0.39 is 10.0 Å². The number of nitrogens with one attached hydrogen (secondary N) is 1. The number of amides is 1. The van der Waals surface area contributed by atoms with E-state index in [1.807, 2.05) is 13.8 Å². The highest BCUT2D eigenvalue weighted by Gasteiger charge is 2.17. The monoisotopic (exact) mass is 402 g/mol. The number of benzene rings is 2. The van der Waals surface area contributed by atoms with Crippen molar-refractivity contribution in [1.29, 1.82) is 0 Å². The van der Waals surface area contributed by atoms with Crippen LogP contribution in [0.5, 0.6) is 0 Å². The van der Waals surface area contributed by atoms with E-state index in [-0.39, 0.29) is 29.2 Å². The van der Waals surface area contributed by atoms with Crippen LogP contribution in [0.3, 0.4) is 0 Å². The number of rotatable bonds is 8. The number of hydrogen-bond donors (Lipinski definition) is 1. The van der Waals surface area contributed by atoms with Crippen molar-refractivity contribution in [3.8, 4) is 0 Å². The van der Waals surface area contributed by atoms with Gasteiger partial charge in [0.1, 0.15) is 0 Å². The normalized spacial score (nSPS) is 12.4. The summed E-state index contributed by atoms with van der Waals surface area (Å²) < 4.78 is 27.3. The first kappa shape index (κ1) is 21.8. The molecule has 28 heavy (non-hydrogen) atoms. The molecular formula is C21H26N2O4S. The van der Waals surface area contributed by atoms with Gasteiger partial charge in [-0.15, -0.1) is 0 Å². The molecule has 1 atom stereocenters. The summed E-state index contributed by atoms with van der Waals surface area (Å²) in [6.45, 7) is 5.55. The fraction of sp³-hybridized carbons (Fsp3) is 0.333. The highest BCUT2D eigenvalue weighted by Crippen LogP contribution is 2.13. The maximum absolute atomic E-state index is 12.4. The molecule has 150 valence electrons. The maximum atomic E-state index is 12.4. The van der Waals surface area contributed by atoms with Crippen molar-refractivity contribution in [2.75, 3.05) is 7.05 Å². The fourth-order valence-corrected chi connectivity index (χ4v) is 3.59. The molecule has 2 aromatic carbocycles. The highest BCUT2D eigenvalue weighted by atomic mass is 32.2. The summed E-state index contributed by atoms with van der Waals surface area (Å²) in [6, 6.07) is 12.8. The molecule has 2 rings (SSSR count). The zero-order chi connectivity index (χ0) is 20.9. The van der Waals surface area contributed by atoms with Gasteiger partial charge in [-0.1, -0.05) is 31.2 Å². The van der Waals surface area contributed by atoms with Crippen molar-refractivity contribution < 1.29 is 18.0 Å². The molecule has 0 spiro atoms. The molecule has 1 amide bonds. The van der Waals surface area contributed by atoms with E-state index in [9.17, 15) is 18.0 Å². The number of ketones is 1. The van der Waals surface area contributed by atoms with Crippen molar-refractivity contribution in [3.05, 3.63) is 65.2 Å². The number of nitrogens with zero attached hydrogens (tertiary/aromatic N) is 1. The standard InChI is InChI=1S/C21H26N2O4S/c1-5-15(2)23(4)21(25)19-8-6-17(7-9-19)14-22-28(26,27)20-12-10-18(11-13-20)16(3)24/h6-13,15,22H,5,14H2,1-4H3. The average molecular weight is 403 g/mol. The smallest absolute Gasteiger partial charge is 0.253 e. The van der Waals surface area contributed by atoms with Crippen LogP contribution < -0.4 is 4.72 Å². The Balaban J connectivity index is 2.04. The lowest BCUT2D eigenvalue weighted by molar-refractivity contribution is 0.0740. The molecule has 1 N–H and O–H groups in total. The molecule has 0 radical (unpaired) electrons. The van der Waals surface area contributed by atoms with Crippen LogP contribution in [0.2, 0.25) is 0 Å². The first-order chi connectivity index (χ1) is 13.2. The zero-order valence-corrected chi connectivity index (χ0v) is 17.4. The van der Waals surface area contributed by atoms with Crippen molar-refractivity contribution in [1.82, 2.24) is 9.62 Å². The lowest BCUT2D eigenvalue weighted by atomic mass is 10.1. The van der Waals surface area contributed by atoms with Gasteiger partial charge in [-0.2, -0.15) is 0 Å². The lowest BCUT2D eigenvalue weighted by Gasteiger charge is -2.23. The number of carbonyl (C=O) groups is 2. The van der Waals surface area contributed by atoms with E-state index in [0.717, 1.165) is 12.0 Å². The summed E-state index contributed by atoms with van der Waals surface area (Å²) in [5, 5.41) is 0. The Kier molecular flexibility index (Phi) is 7.10. The van der Waals surface area contributed by atoms with Crippen molar-refractivity contribution in [2.24, 2.45) is 0 Å². The Labute approximate surface area is 166 Å². The molecule has 0 aromatic heterocycles.